The number of hydrogen-bond donors (Lipinski definition) is 1. The van der Waals surface area contributed by atoms with Crippen LogP contribution < -0.4 is 0 Å². The first-order valence-corrected chi connectivity index (χ1v) is 12.2. The van der Waals surface area contributed by atoms with Gasteiger partial charge in [0.2, 0.25) is 0 Å². The molecule has 1 heterocycles. The molecule has 0 aromatic carbocycles. The van der Waals surface area contributed by atoms with Crippen LogP contribution in [-0.2, 0) is 9.16 Å². The molecule has 1 fully saturated rings. The van der Waals surface area contributed by atoms with Crippen LogP contribution in [0.25, 0.3) is 0 Å². The van der Waals surface area contributed by atoms with Gasteiger partial charge in [-0.3, -0.25) is 4.57 Å². The summed E-state index contributed by atoms with van der Waals surface area (Å²) in [6.45, 7) is 15.1. The predicted molar refractivity (Wildman–Crippen MR) is 106 cm³/mol. The van der Waals surface area contributed by atoms with Crippen molar-refractivity contribution in [1.29, 1.82) is 0 Å². The lowest BCUT2D eigenvalue weighted by Gasteiger charge is -2.48. The molecule has 142 valence electrons. The van der Waals surface area contributed by atoms with Crippen LogP contribution in [-0.4, -0.2) is 46.0 Å². The Morgan fingerprint density at radius 1 is 1.36 bits per heavy atom. The maximum atomic E-state index is 10.7. The van der Waals surface area contributed by atoms with Crippen molar-refractivity contribution in [2.24, 2.45) is 5.92 Å². The Balaban J connectivity index is 2.22. The van der Waals surface area contributed by atoms with E-state index in [1.165, 1.54) is 0 Å². The maximum Gasteiger partial charge on any atom is 0.269 e. The van der Waals surface area contributed by atoms with Crippen LogP contribution in [0.5, 0.6) is 0 Å². The third kappa shape index (κ3) is 4.90. The monoisotopic (exact) mass is 384 g/mol. The van der Waals surface area contributed by atoms with E-state index in [1.807, 2.05) is 6.92 Å². The molecular formula is C18H32N2O3SSi. The van der Waals surface area contributed by atoms with E-state index in [4.69, 9.17) is 21.4 Å². The Hall–Kier alpha value is -0.763. The summed E-state index contributed by atoms with van der Waals surface area (Å²) in [5.41, 5.74) is -0.747. The fourth-order valence-electron chi connectivity index (χ4n) is 3.21. The average Bonchev–Trinajstić information content (AvgIpc) is 2.94. The molecule has 0 aliphatic heterocycles. The molecule has 1 saturated carbocycles. The van der Waals surface area contributed by atoms with Gasteiger partial charge in [-0.05, 0) is 49.6 Å². The summed E-state index contributed by atoms with van der Waals surface area (Å²) in [6.07, 6.45) is 5.95. The van der Waals surface area contributed by atoms with Crippen molar-refractivity contribution >= 4 is 25.7 Å². The Morgan fingerprint density at radius 2 is 2.00 bits per heavy atom. The Labute approximate surface area is 157 Å². The summed E-state index contributed by atoms with van der Waals surface area (Å²) >= 11 is 5.43. The summed E-state index contributed by atoms with van der Waals surface area (Å²) in [5, 5.41) is 11.1. The van der Waals surface area contributed by atoms with Crippen molar-refractivity contribution in [3.8, 4) is 0 Å². The van der Waals surface area contributed by atoms with E-state index >= 15 is 0 Å². The minimum Gasteiger partial charge on any atom is -0.464 e. The van der Waals surface area contributed by atoms with E-state index in [0.717, 1.165) is 0 Å². The van der Waals surface area contributed by atoms with Gasteiger partial charge < -0.3 is 14.3 Å². The van der Waals surface area contributed by atoms with Gasteiger partial charge in [0.05, 0.1) is 11.7 Å². The molecule has 7 heteroatoms. The molecule has 0 saturated heterocycles. The molecule has 0 unspecified atom stereocenters. The van der Waals surface area contributed by atoms with E-state index in [1.54, 1.807) is 23.3 Å². The molecule has 2 rings (SSSR count). The highest BCUT2D eigenvalue weighted by Gasteiger charge is 2.48. The molecule has 0 amide bonds. The zero-order valence-corrected chi connectivity index (χ0v) is 18.3. The molecule has 4 atom stereocenters. The maximum absolute atomic E-state index is 10.7. The van der Waals surface area contributed by atoms with Gasteiger partial charge in [0.1, 0.15) is 12.4 Å². The van der Waals surface area contributed by atoms with Crippen molar-refractivity contribution in [3.05, 3.63) is 18.7 Å². The van der Waals surface area contributed by atoms with Crippen molar-refractivity contribution < 1.29 is 14.3 Å². The second-order valence-corrected chi connectivity index (χ2v) is 14.2. The topological polar surface area (TPSA) is 56.5 Å². The van der Waals surface area contributed by atoms with E-state index < -0.39 is 13.9 Å². The fourth-order valence-corrected chi connectivity index (χ4v) is 4.76. The molecule has 1 aromatic rings. The molecule has 1 aromatic heterocycles. The first-order chi connectivity index (χ1) is 11.3. The van der Waals surface area contributed by atoms with E-state index in [-0.39, 0.29) is 23.2 Å². The summed E-state index contributed by atoms with van der Waals surface area (Å²) < 4.78 is 14.5. The second-order valence-electron chi connectivity index (χ2n) is 9.12. The van der Waals surface area contributed by atoms with Crippen molar-refractivity contribution in [2.45, 2.75) is 83.4 Å². The normalized spacial score (nSPS) is 31.0. The number of aromatic nitrogens is 2. The highest BCUT2D eigenvalue weighted by Crippen LogP contribution is 2.42. The van der Waals surface area contributed by atoms with Gasteiger partial charge >= 0.3 is 0 Å². The summed E-state index contributed by atoms with van der Waals surface area (Å²) in [6, 6.07) is 0. The molecule has 1 aliphatic carbocycles. The smallest absolute Gasteiger partial charge is 0.269 e. The second kappa shape index (κ2) is 7.10. The lowest BCUT2D eigenvalue weighted by molar-refractivity contribution is -0.106. The average molecular weight is 385 g/mol. The molecule has 0 spiro atoms. The Morgan fingerprint density at radius 3 is 2.52 bits per heavy atom. The van der Waals surface area contributed by atoms with Crippen LogP contribution in [0, 0.1) is 5.92 Å². The van der Waals surface area contributed by atoms with Crippen LogP contribution in [0.4, 0.5) is 0 Å². The first-order valence-electron chi connectivity index (χ1n) is 8.91. The van der Waals surface area contributed by atoms with Crippen LogP contribution >= 0.6 is 12.2 Å². The van der Waals surface area contributed by atoms with E-state index in [2.05, 4.69) is 45.8 Å². The van der Waals surface area contributed by atoms with Gasteiger partial charge in [-0.1, -0.05) is 27.7 Å². The van der Waals surface area contributed by atoms with Gasteiger partial charge in [-0.2, -0.15) is 0 Å². The third-order valence-electron chi connectivity index (χ3n) is 5.53. The zero-order chi connectivity index (χ0) is 19.0. The number of hydrogen-bond acceptors (Lipinski definition) is 5. The zero-order valence-electron chi connectivity index (χ0n) is 16.4. The standard InChI is InChI=1S/C18H32N2O3SSi/c1-13-10-18(5,21)11-14(23-25(6,7)17(2,3)4)15(13)22-16(24)20-9-8-19-12-20/h8-9,12-15,21H,10-11H2,1-7H3/t13-,14-,15+,18-/m1/s1. The van der Waals surface area contributed by atoms with Crippen molar-refractivity contribution in [1.82, 2.24) is 9.55 Å². The number of nitrogens with zero attached hydrogens (tertiary/aromatic N) is 2. The predicted octanol–water partition coefficient (Wildman–Crippen LogP) is 3.97. The molecule has 25 heavy (non-hydrogen) atoms. The first kappa shape index (κ1) is 20.5. The van der Waals surface area contributed by atoms with Crippen LogP contribution in [0.2, 0.25) is 18.1 Å². The van der Waals surface area contributed by atoms with Crippen LogP contribution in [0.1, 0.15) is 47.5 Å². The van der Waals surface area contributed by atoms with Gasteiger partial charge in [0.25, 0.3) is 5.17 Å². The molecule has 1 N–H and O–H groups in total. The molecule has 5 nitrogen and oxygen atoms in total. The third-order valence-corrected chi connectivity index (χ3v) is 10.3. The number of imidazole rings is 1. The Bertz CT molecular complexity index is 596. The lowest BCUT2D eigenvalue weighted by Crippen LogP contribution is -2.55. The van der Waals surface area contributed by atoms with Crippen molar-refractivity contribution in [3.63, 3.8) is 0 Å². The number of thiocarbonyl (C=S) groups is 1. The summed E-state index contributed by atoms with van der Waals surface area (Å²) in [5.74, 6) is 0.139. The van der Waals surface area contributed by atoms with E-state index in [0.29, 0.717) is 18.0 Å². The molecule has 0 bridgehead atoms. The van der Waals surface area contributed by atoms with Gasteiger partial charge in [0.15, 0.2) is 8.32 Å². The highest BCUT2D eigenvalue weighted by atomic mass is 32.1. The molecule has 1 aliphatic rings. The quantitative estimate of drug-likeness (QED) is 0.631. The summed E-state index contributed by atoms with van der Waals surface area (Å²) in [7, 11) is -2.00. The SMILES string of the molecule is C[C@@H]1C[C@@](C)(O)C[C@@H](O[Si](C)(C)C(C)(C)C)[C@H]1OC(=S)n1ccnc1. The van der Waals surface area contributed by atoms with Gasteiger partial charge in [-0.15, -0.1) is 0 Å². The minimum atomic E-state index is -2.00. The highest BCUT2D eigenvalue weighted by molar-refractivity contribution is 7.80. The van der Waals surface area contributed by atoms with Gasteiger partial charge in [-0.25, -0.2) is 4.98 Å². The molecule has 0 radical (unpaired) electrons. The minimum absolute atomic E-state index is 0.0922. The van der Waals surface area contributed by atoms with Crippen LogP contribution in [0.15, 0.2) is 18.7 Å². The summed E-state index contributed by atoms with van der Waals surface area (Å²) in [4.78, 5) is 4.02. The number of aliphatic hydroxyl groups is 1. The van der Waals surface area contributed by atoms with Gasteiger partial charge in [0, 0.05) is 18.8 Å². The Kier molecular flexibility index (Phi) is 5.83. The fraction of sp³-hybridized carbons (Fsp3) is 0.778. The number of rotatable bonds is 3. The van der Waals surface area contributed by atoms with Crippen molar-refractivity contribution in [2.75, 3.05) is 0 Å². The largest absolute Gasteiger partial charge is 0.464 e. The van der Waals surface area contributed by atoms with E-state index in [9.17, 15) is 5.11 Å². The lowest BCUT2D eigenvalue weighted by atomic mass is 9.76. The van der Waals surface area contributed by atoms with Crippen LogP contribution in [0.3, 0.4) is 0 Å². The number of ether oxygens (including phenoxy) is 1. The molecular weight excluding hydrogens is 352 g/mol.